The van der Waals surface area contributed by atoms with Gasteiger partial charge in [0.05, 0.1) is 0 Å². The first-order valence-electron chi connectivity index (χ1n) is 8.48. The molecule has 0 bridgehead atoms. The third-order valence-electron chi connectivity index (χ3n) is 3.80. The zero-order chi connectivity index (χ0) is 19.6. The number of rotatable bonds is 5. The molecule has 2 heterocycles. The van der Waals surface area contributed by atoms with Gasteiger partial charge in [0.25, 0.3) is 5.91 Å². The van der Waals surface area contributed by atoms with Crippen LogP contribution < -0.4 is 5.32 Å². The second-order valence-electron chi connectivity index (χ2n) is 7.02. The maximum Gasteiger partial charge on any atom is 0.253 e. The van der Waals surface area contributed by atoms with Crippen molar-refractivity contribution in [1.82, 2.24) is 30.4 Å². The van der Waals surface area contributed by atoms with Gasteiger partial charge >= 0.3 is 0 Å². The molecule has 0 radical (unpaired) electrons. The maximum absolute atomic E-state index is 12.7. The number of tetrazole rings is 1. The lowest BCUT2D eigenvalue weighted by Crippen LogP contribution is -2.27. The summed E-state index contributed by atoms with van der Waals surface area (Å²) < 4.78 is 0. The van der Waals surface area contributed by atoms with Crippen molar-refractivity contribution < 1.29 is 4.79 Å². The van der Waals surface area contributed by atoms with Crippen molar-refractivity contribution in [3.63, 3.8) is 0 Å². The van der Waals surface area contributed by atoms with Crippen molar-refractivity contribution in [2.45, 2.75) is 45.6 Å². The molecule has 0 fully saturated rings. The minimum atomic E-state index is -0.597. The molecule has 0 aliphatic rings. The molecule has 8 nitrogen and oxygen atoms in total. The number of carbonyl (C=O) groups excluding carboxylic acids is 1. The molecular weight excluding hydrogens is 386 g/mol. The zero-order valence-electron chi connectivity index (χ0n) is 15.5. The molecule has 27 heavy (non-hydrogen) atoms. The average molecular weight is 406 g/mol. The van der Waals surface area contributed by atoms with Crippen LogP contribution in [0.5, 0.6) is 0 Å². The van der Waals surface area contributed by atoms with Crippen LogP contribution in [-0.4, -0.2) is 36.3 Å². The number of benzene rings is 1. The highest BCUT2D eigenvalue weighted by Crippen LogP contribution is 2.28. The Bertz CT molecular complexity index is 929. The molecule has 3 rings (SSSR count). The molecule has 1 N–H and O–H groups in total. The first-order valence-corrected chi connectivity index (χ1v) is 9.67. The number of nitrogens with zero attached hydrogens (tertiary/aromatic N) is 6. The number of hydrogen-bond donors (Lipinski definition) is 1. The van der Waals surface area contributed by atoms with Crippen molar-refractivity contribution in [2.75, 3.05) is 5.32 Å². The Hall–Kier alpha value is -2.39. The van der Waals surface area contributed by atoms with Crippen LogP contribution in [0.15, 0.2) is 24.3 Å². The molecule has 1 amide bonds. The van der Waals surface area contributed by atoms with E-state index in [0.29, 0.717) is 22.4 Å². The Morgan fingerprint density at radius 1 is 1.22 bits per heavy atom. The summed E-state index contributed by atoms with van der Waals surface area (Å²) in [6.45, 7) is 8.03. The molecular formula is C17H20ClN7OS. The van der Waals surface area contributed by atoms with E-state index in [-0.39, 0.29) is 11.3 Å². The van der Waals surface area contributed by atoms with Crippen molar-refractivity contribution in [2.24, 2.45) is 0 Å². The van der Waals surface area contributed by atoms with E-state index >= 15 is 0 Å². The Labute approximate surface area is 166 Å². The van der Waals surface area contributed by atoms with Crippen LogP contribution in [0.25, 0.3) is 11.4 Å². The summed E-state index contributed by atoms with van der Waals surface area (Å²) in [5, 5.41) is 25.4. The van der Waals surface area contributed by atoms with E-state index in [1.54, 1.807) is 24.3 Å². The molecule has 3 aromatic rings. The predicted molar refractivity (Wildman–Crippen MR) is 105 cm³/mol. The molecule has 0 aliphatic carbocycles. The second kappa shape index (κ2) is 7.69. The van der Waals surface area contributed by atoms with Crippen LogP contribution in [0.1, 0.15) is 45.2 Å². The monoisotopic (exact) mass is 405 g/mol. The fraction of sp³-hybridized carbons (Fsp3) is 0.412. The van der Waals surface area contributed by atoms with Crippen LogP contribution in [0.2, 0.25) is 5.02 Å². The minimum Gasteiger partial charge on any atom is -0.299 e. The average Bonchev–Trinajstić information content (AvgIpc) is 3.26. The Morgan fingerprint density at radius 3 is 2.52 bits per heavy atom. The highest BCUT2D eigenvalue weighted by atomic mass is 35.5. The Morgan fingerprint density at radius 2 is 1.93 bits per heavy atom. The number of nitrogens with one attached hydrogen (secondary N) is 1. The van der Waals surface area contributed by atoms with Gasteiger partial charge in [-0.15, -0.1) is 20.4 Å². The quantitative estimate of drug-likeness (QED) is 0.694. The van der Waals surface area contributed by atoms with Gasteiger partial charge in [-0.1, -0.05) is 50.6 Å². The van der Waals surface area contributed by atoms with Gasteiger partial charge in [-0.25, -0.2) is 0 Å². The van der Waals surface area contributed by atoms with E-state index in [2.05, 4.69) is 30.9 Å². The van der Waals surface area contributed by atoms with Gasteiger partial charge < -0.3 is 0 Å². The summed E-state index contributed by atoms with van der Waals surface area (Å²) in [5.74, 6) is 0.179. The fourth-order valence-electron chi connectivity index (χ4n) is 2.29. The van der Waals surface area contributed by atoms with Gasteiger partial charge in [0.2, 0.25) is 11.0 Å². The van der Waals surface area contributed by atoms with E-state index < -0.39 is 6.04 Å². The summed E-state index contributed by atoms with van der Waals surface area (Å²) >= 11 is 7.26. The molecule has 1 aromatic carbocycles. The van der Waals surface area contributed by atoms with E-state index in [4.69, 9.17) is 11.6 Å². The third kappa shape index (κ3) is 4.48. The maximum atomic E-state index is 12.7. The summed E-state index contributed by atoms with van der Waals surface area (Å²) in [5.41, 5.74) is 0.658. The molecule has 0 aliphatic heterocycles. The van der Waals surface area contributed by atoms with Gasteiger partial charge in [0.15, 0.2) is 6.04 Å². The first kappa shape index (κ1) is 19.4. The number of halogens is 1. The van der Waals surface area contributed by atoms with Crippen molar-refractivity contribution >= 4 is 34.0 Å². The third-order valence-corrected chi connectivity index (χ3v) is 5.31. The fourth-order valence-corrected chi connectivity index (χ4v) is 3.22. The van der Waals surface area contributed by atoms with Gasteiger partial charge in [-0.3, -0.25) is 10.1 Å². The predicted octanol–water partition coefficient (Wildman–Crippen LogP) is 3.73. The molecule has 1 unspecified atom stereocenters. The molecule has 0 saturated carbocycles. The molecule has 1 atom stereocenters. The summed E-state index contributed by atoms with van der Waals surface area (Å²) in [7, 11) is 0. The van der Waals surface area contributed by atoms with Crippen LogP contribution in [0.3, 0.4) is 0 Å². The topological polar surface area (TPSA) is 98.5 Å². The molecule has 142 valence electrons. The van der Waals surface area contributed by atoms with Gasteiger partial charge in [-0.2, -0.15) is 4.80 Å². The highest BCUT2D eigenvalue weighted by molar-refractivity contribution is 7.15. The largest absolute Gasteiger partial charge is 0.299 e. The normalized spacial score (nSPS) is 12.8. The summed E-state index contributed by atoms with van der Waals surface area (Å²) in [6, 6.07) is 6.52. The molecule has 0 spiro atoms. The first-order chi connectivity index (χ1) is 12.8. The van der Waals surface area contributed by atoms with E-state index in [9.17, 15) is 4.79 Å². The number of hydrogen-bond acceptors (Lipinski definition) is 7. The zero-order valence-corrected chi connectivity index (χ0v) is 17.0. The number of carbonyl (C=O) groups is 1. The lowest BCUT2D eigenvalue weighted by Gasteiger charge is -2.13. The lowest BCUT2D eigenvalue weighted by atomic mass is 9.98. The van der Waals surface area contributed by atoms with E-state index in [1.165, 1.54) is 16.1 Å². The molecule has 10 heteroatoms. The van der Waals surface area contributed by atoms with Crippen molar-refractivity contribution in [3.8, 4) is 11.4 Å². The summed E-state index contributed by atoms with van der Waals surface area (Å²) in [6.07, 6.45) is 0.507. The van der Waals surface area contributed by atoms with Gasteiger partial charge in [0.1, 0.15) is 5.01 Å². The van der Waals surface area contributed by atoms with Crippen LogP contribution in [0, 0.1) is 0 Å². The van der Waals surface area contributed by atoms with Gasteiger partial charge in [0, 0.05) is 16.0 Å². The van der Waals surface area contributed by atoms with Crippen molar-refractivity contribution in [1.29, 1.82) is 0 Å². The summed E-state index contributed by atoms with van der Waals surface area (Å²) in [4.78, 5) is 14.0. The number of amides is 1. The lowest BCUT2D eigenvalue weighted by molar-refractivity contribution is -0.120. The molecule has 0 saturated heterocycles. The standard InChI is InChI=1S/C17H20ClN7OS/c1-5-12(14(26)19-16-22-21-15(27-16)17(2,3)4)25-23-13(20-24-25)10-6-8-11(18)9-7-10/h6-9,12H,5H2,1-4H3,(H,19,22,26). The smallest absolute Gasteiger partial charge is 0.253 e. The van der Waals surface area contributed by atoms with Crippen LogP contribution in [0.4, 0.5) is 5.13 Å². The van der Waals surface area contributed by atoms with Crippen LogP contribution >= 0.6 is 22.9 Å². The van der Waals surface area contributed by atoms with Crippen molar-refractivity contribution in [3.05, 3.63) is 34.3 Å². The highest BCUT2D eigenvalue weighted by Gasteiger charge is 2.25. The van der Waals surface area contributed by atoms with E-state index in [0.717, 1.165) is 10.6 Å². The van der Waals surface area contributed by atoms with Crippen LogP contribution in [-0.2, 0) is 10.2 Å². The Balaban J connectivity index is 1.75. The number of anilines is 1. The SMILES string of the molecule is CCC(C(=O)Nc1nnc(C(C)(C)C)s1)n1nnc(-c2ccc(Cl)cc2)n1. The van der Waals surface area contributed by atoms with Gasteiger partial charge in [-0.05, 0) is 35.9 Å². The molecule has 2 aromatic heterocycles. The Kier molecular flexibility index (Phi) is 5.52. The second-order valence-corrected chi connectivity index (χ2v) is 8.43. The minimum absolute atomic E-state index is 0.119. The number of aromatic nitrogens is 6. The van der Waals surface area contributed by atoms with E-state index in [1.807, 2.05) is 27.7 Å².